The van der Waals surface area contributed by atoms with Crippen LogP contribution in [0.15, 0.2) is 52.8 Å². The van der Waals surface area contributed by atoms with E-state index in [0.29, 0.717) is 10.8 Å². The molecule has 4 N–H and O–H groups in total. The lowest BCUT2D eigenvalue weighted by atomic mass is 9.98. The predicted molar refractivity (Wildman–Crippen MR) is 96.7 cm³/mol. The maximum absolute atomic E-state index is 11.9. The van der Waals surface area contributed by atoms with Crippen LogP contribution in [0.4, 0.5) is 0 Å². The molecule has 0 amide bonds. The van der Waals surface area contributed by atoms with Gasteiger partial charge in [0, 0.05) is 23.4 Å². The Bertz CT molecular complexity index is 1220. The number of benzene rings is 2. The molecular formula is C20H15NO4. The number of rotatable bonds is 1. The summed E-state index contributed by atoms with van der Waals surface area (Å²) in [4.78, 5) is 14.1. The molecule has 5 nitrogen and oxygen atoms in total. The molecule has 0 fully saturated rings. The molecule has 0 atom stereocenters. The summed E-state index contributed by atoms with van der Waals surface area (Å²) >= 11 is 0. The van der Waals surface area contributed by atoms with Gasteiger partial charge in [0.25, 0.3) is 5.56 Å². The Morgan fingerprint density at radius 1 is 1.04 bits per heavy atom. The highest BCUT2D eigenvalue weighted by atomic mass is 16.3. The van der Waals surface area contributed by atoms with E-state index in [9.17, 15) is 20.1 Å². The lowest BCUT2D eigenvalue weighted by Gasteiger charge is -2.10. The van der Waals surface area contributed by atoms with Gasteiger partial charge in [0.1, 0.15) is 11.5 Å². The Hall–Kier alpha value is -3.47. The van der Waals surface area contributed by atoms with Gasteiger partial charge in [-0.1, -0.05) is 42.5 Å². The molecule has 1 aliphatic rings. The van der Waals surface area contributed by atoms with E-state index in [1.54, 1.807) is 18.2 Å². The number of fused-ring (bicyclic) bond motifs is 2. The number of aromatic hydroxyl groups is 2. The molecule has 0 radical (unpaired) electrons. The van der Waals surface area contributed by atoms with Gasteiger partial charge in [0.05, 0.1) is 5.22 Å². The summed E-state index contributed by atoms with van der Waals surface area (Å²) in [5, 5.41) is 32.6. The van der Waals surface area contributed by atoms with Gasteiger partial charge >= 0.3 is 0 Å². The van der Waals surface area contributed by atoms with Crippen LogP contribution >= 0.6 is 0 Å². The van der Waals surface area contributed by atoms with Gasteiger partial charge in [-0.2, -0.15) is 0 Å². The summed E-state index contributed by atoms with van der Waals surface area (Å²) in [7, 11) is 0. The number of phenolic OH excluding ortho intramolecular Hbond substituents is 1. The van der Waals surface area contributed by atoms with Gasteiger partial charge in [-0.25, -0.2) is 0 Å². The van der Waals surface area contributed by atoms with Crippen molar-refractivity contribution in [1.82, 2.24) is 4.98 Å². The van der Waals surface area contributed by atoms with Gasteiger partial charge < -0.3 is 15.3 Å². The third-order valence-corrected chi connectivity index (χ3v) is 4.32. The number of aliphatic hydroxyl groups is 1. The van der Waals surface area contributed by atoms with E-state index < -0.39 is 5.56 Å². The molecule has 2 aromatic carbocycles. The largest absolute Gasteiger partial charge is 0.511 e. The lowest BCUT2D eigenvalue weighted by molar-refractivity contribution is 0.449. The Morgan fingerprint density at radius 3 is 2.68 bits per heavy atom. The quantitative estimate of drug-likeness (QED) is 0.547. The van der Waals surface area contributed by atoms with Crippen LogP contribution in [0.25, 0.3) is 28.7 Å². The number of aromatic amines is 1. The fourth-order valence-electron chi connectivity index (χ4n) is 3.19. The van der Waals surface area contributed by atoms with Crippen LogP contribution in [0, 0.1) is 0 Å². The molecule has 1 aliphatic carbocycles. The zero-order valence-corrected chi connectivity index (χ0v) is 13.2. The van der Waals surface area contributed by atoms with E-state index in [1.807, 2.05) is 30.3 Å². The number of aliphatic hydroxyl groups excluding tert-OH is 1. The van der Waals surface area contributed by atoms with Crippen LogP contribution < -0.4 is 16.0 Å². The summed E-state index contributed by atoms with van der Waals surface area (Å²) in [6.45, 7) is 0. The molecule has 1 heterocycles. The van der Waals surface area contributed by atoms with Gasteiger partial charge in [0.15, 0.2) is 5.88 Å². The van der Waals surface area contributed by atoms with Crippen molar-refractivity contribution < 1.29 is 15.3 Å². The number of hydrogen-bond acceptors (Lipinski definition) is 4. The standard InChI is InChI=1S/C20H15NO4/c22-16-9-11(8-14-10-17(23)21-20(25)18(14)16)7-13-6-5-12-3-1-2-4-15(12)19(13)24/h1-8,10,22-24H,9H2,(H,21,25). The van der Waals surface area contributed by atoms with Gasteiger partial charge in [-0.3, -0.25) is 9.78 Å². The molecule has 25 heavy (non-hydrogen) atoms. The molecule has 0 bridgehead atoms. The van der Waals surface area contributed by atoms with Crippen LogP contribution in [0.3, 0.4) is 0 Å². The zero-order chi connectivity index (χ0) is 17.6. The van der Waals surface area contributed by atoms with Crippen molar-refractivity contribution >= 4 is 28.7 Å². The lowest BCUT2D eigenvalue weighted by Crippen LogP contribution is -2.43. The fourth-order valence-corrected chi connectivity index (χ4v) is 3.19. The number of hydrogen-bond donors (Lipinski definition) is 4. The van der Waals surface area contributed by atoms with Gasteiger partial charge in [-0.05, 0) is 22.3 Å². The van der Waals surface area contributed by atoms with E-state index in [0.717, 1.165) is 16.3 Å². The zero-order valence-electron chi connectivity index (χ0n) is 13.2. The molecular weight excluding hydrogens is 318 g/mol. The summed E-state index contributed by atoms with van der Waals surface area (Å²) in [5.74, 6) is -0.161. The monoisotopic (exact) mass is 333 g/mol. The molecule has 5 heteroatoms. The Kier molecular flexibility index (Phi) is 3.35. The third-order valence-electron chi connectivity index (χ3n) is 4.32. The molecule has 1 aromatic heterocycles. The number of nitrogens with one attached hydrogen (secondary N) is 1. The van der Waals surface area contributed by atoms with E-state index in [1.165, 1.54) is 6.07 Å². The Labute approximate surface area is 142 Å². The van der Waals surface area contributed by atoms with Crippen LogP contribution in [-0.2, 0) is 0 Å². The van der Waals surface area contributed by atoms with Crippen molar-refractivity contribution in [3.8, 4) is 11.6 Å². The minimum absolute atomic E-state index is 0.0646. The van der Waals surface area contributed by atoms with Crippen LogP contribution in [0.1, 0.15) is 12.0 Å². The van der Waals surface area contributed by atoms with Crippen LogP contribution in [-0.4, -0.2) is 20.3 Å². The Balaban J connectivity index is 1.90. The third kappa shape index (κ3) is 2.55. The average molecular weight is 333 g/mol. The first-order valence-corrected chi connectivity index (χ1v) is 7.80. The summed E-state index contributed by atoms with van der Waals surface area (Å²) in [5.41, 5.74) is 0.812. The van der Waals surface area contributed by atoms with Crippen molar-refractivity contribution in [1.29, 1.82) is 0 Å². The first kappa shape index (κ1) is 15.1. The highest BCUT2D eigenvalue weighted by Gasteiger charge is 2.12. The van der Waals surface area contributed by atoms with Gasteiger partial charge in [-0.15, -0.1) is 0 Å². The van der Waals surface area contributed by atoms with E-state index in [2.05, 4.69) is 4.98 Å². The molecule has 4 rings (SSSR count). The van der Waals surface area contributed by atoms with Gasteiger partial charge in [0.2, 0.25) is 0 Å². The molecule has 0 aliphatic heterocycles. The Morgan fingerprint density at radius 2 is 1.84 bits per heavy atom. The topological polar surface area (TPSA) is 93.6 Å². The highest BCUT2D eigenvalue weighted by molar-refractivity contribution is 5.92. The van der Waals surface area contributed by atoms with Crippen molar-refractivity contribution in [2.24, 2.45) is 0 Å². The first-order chi connectivity index (χ1) is 12.0. The number of pyridine rings is 1. The minimum Gasteiger partial charge on any atom is -0.511 e. The van der Waals surface area contributed by atoms with E-state index in [-0.39, 0.29) is 29.0 Å². The van der Waals surface area contributed by atoms with E-state index >= 15 is 0 Å². The van der Waals surface area contributed by atoms with E-state index in [4.69, 9.17) is 0 Å². The minimum atomic E-state index is -0.531. The maximum atomic E-state index is 11.9. The second kappa shape index (κ2) is 5.56. The normalized spacial score (nSPS) is 15.2. The molecule has 0 saturated carbocycles. The van der Waals surface area contributed by atoms with Crippen LogP contribution in [0.5, 0.6) is 11.6 Å². The molecule has 0 spiro atoms. The summed E-state index contributed by atoms with van der Waals surface area (Å²) in [6.07, 6.45) is 3.66. The second-order valence-electron chi connectivity index (χ2n) is 6.03. The maximum Gasteiger partial charge on any atom is 0.261 e. The highest BCUT2D eigenvalue weighted by Crippen LogP contribution is 2.31. The fraction of sp³-hybridized carbons (Fsp3) is 0.0500. The smallest absolute Gasteiger partial charge is 0.261 e. The van der Waals surface area contributed by atoms with Crippen molar-refractivity contribution in [3.63, 3.8) is 0 Å². The van der Waals surface area contributed by atoms with Crippen molar-refractivity contribution in [2.75, 3.05) is 0 Å². The van der Waals surface area contributed by atoms with Crippen molar-refractivity contribution in [2.45, 2.75) is 6.42 Å². The summed E-state index contributed by atoms with van der Waals surface area (Å²) < 4.78 is 0. The molecule has 0 unspecified atom stereocenters. The number of phenols is 1. The molecule has 0 saturated heterocycles. The number of H-pyrrole nitrogens is 1. The molecule has 3 aromatic rings. The van der Waals surface area contributed by atoms with Crippen LogP contribution in [0.2, 0.25) is 0 Å². The SMILES string of the molecule is O=c1[nH]c(O)cc2c1=C(O)CC(=Cc1ccc3ccccc3c1O)C=2. The predicted octanol–water partition coefficient (Wildman–Crippen LogP) is 1.87. The molecule has 124 valence electrons. The average Bonchev–Trinajstić information content (AvgIpc) is 2.56. The first-order valence-electron chi connectivity index (χ1n) is 7.80. The van der Waals surface area contributed by atoms with Crippen molar-refractivity contribution in [3.05, 3.63) is 74.4 Å². The summed E-state index contributed by atoms with van der Waals surface area (Å²) in [6, 6.07) is 12.6. The second-order valence-corrected chi connectivity index (χ2v) is 6.03. The number of aromatic nitrogens is 1.